The Bertz CT molecular complexity index is 578. The van der Waals surface area contributed by atoms with Gasteiger partial charge in [0.1, 0.15) is 17.1 Å². The van der Waals surface area contributed by atoms with E-state index in [1.807, 2.05) is 0 Å². The Labute approximate surface area is 119 Å². The standard InChI is InChI=1S/C14H15F3O4/c1-7-5-9(19-8(2)14(15,16)17)11-10(6-7)20-13(3,4)21-12(11)18/h5-6,8H,1-4H3/t8-/m1/s1. The number of alkyl halides is 3. The Hall–Kier alpha value is -1.92. The Morgan fingerprint density at radius 1 is 1.24 bits per heavy atom. The van der Waals surface area contributed by atoms with Crippen molar-refractivity contribution in [3.63, 3.8) is 0 Å². The first kappa shape index (κ1) is 15.5. The van der Waals surface area contributed by atoms with E-state index < -0.39 is 24.0 Å². The molecular weight excluding hydrogens is 289 g/mol. The maximum Gasteiger partial charge on any atom is 0.425 e. The van der Waals surface area contributed by atoms with Gasteiger partial charge in [-0.3, -0.25) is 0 Å². The maximum atomic E-state index is 12.6. The molecule has 0 saturated heterocycles. The molecule has 0 N–H and O–H groups in total. The van der Waals surface area contributed by atoms with Gasteiger partial charge in [0.25, 0.3) is 0 Å². The molecule has 1 aliphatic rings. The van der Waals surface area contributed by atoms with Crippen LogP contribution < -0.4 is 9.47 Å². The summed E-state index contributed by atoms with van der Waals surface area (Å²) < 4.78 is 53.2. The lowest BCUT2D eigenvalue weighted by atomic mass is 10.1. The molecule has 0 aromatic heterocycles. The topological polar surface area (TPSA) is 44.8 Å². The van der Waals surface area contributed by atoms with E-state index in [0.29, 0.717) is 5.56 Å². The van der Waals surface area contributed by atoms with Crippen molar-refractivity contribution >= 4 is 5.97 Å². The third-order valence-corrected chi connectivity index (χ3v) is 2.87. The minimum atomic E-state index is -4.53. The first-order valence-corrected chi connectivity index (χ1v) is 6.30. The number of ether oxygens (including phenoxy) is 3. The zero-order chi connectivity index (χ0) is 16.0. The van der Waals surface area contributed by atoms with Crippen molar-refractivity contribution in [3.05, 3.63) is 23.3 Å². The van der Waals surface area contributed by atoms with Crippen LogP contribution in [0.3, 0.4) is 0 Å². The number of benzene rings is 1. The lowest BCUT2D eigenvalue weighted by Gasteiger charge is -2.33. The van der Waals surface area contributed by atoms with Crippen LogP contribution in [0.2, 0.25) is 0 Å². The van der Waals surface area contributed by atoms with Crippen molar-refractivity contribution in [2.45, 2.75) is 45.8 Å². The third-order valence-electron chi connectivity index (χ3n) is 2.87. The van der Waals surface area contributed by atoms with Gasteiger partial charge < -0.3 is 14.2 Å². The number of carbonyl (C=O) groups excluding carboxylic acids is 1. The van der Waals surface area contributed by atoms with Crippen LogP contribution in [0.4, 0.5) is 13.2 Å². The van der Waals surface area contributed by atoms with E-state index in [1.54, 1.807) is 13.0 Å². The fourth-order valence-electron chi connectivity index (χ4n) is 1.91. The van der Waals surface area contributed by atoms with Gasteiger partial charge in [0.2, 0.25) is 5.79 Å². The molecule has 21 heavy (non-hydrogen) atoms. The molecule has 0 fully saturated rings. The van der Waals surface area contributed by atoms with Crippen molar-refractivity contribution in [1.29, 1.82) is 0 Å². The number of aryl methyl sites for hydroxylation is 1. The highest BCUT2D eigenvalue weighted by Gasteiger charge is 2.41. The van der Waals surface area contributed by atoms with Crippen LogP contribution in [0.15, 0.2) is 12.1 Å². The number of esters is 1. The molecule has 116 valence electrons. The Balaban J connectivity index is 2.45. The number of halogens is 3. The molecule has 0 bridgehead atoms. The van der Waals surface area contributed by atoms with Crippen LogP contribution in [-0.4, -0.2) is 24.0 Å². The monoisotopic (exact) mass is 304 g/mol. The number of hydrogen-bond acceptors (Lipinski definition) is 4. The molecule has 0 spiro atoms. The zero-order valence-corrected chi connectivity index (χ0v) is 12.0. The average molecular weight is 304 g/mol. The second-order valence-electron chi connectivity index (χ2n) is 5.33. The second kappa shape index (κ2) is 4.82. The molecule has 1 aliphatic heterocycles. The molecule has 1 aromatic rings. The summed E-state index contributed by atoms with van der Waals surface area (Å²) in [7, 11) is 0. The van der Waals surface area contributed by atoms with E-state index in [9.17, 15) is 18.0 Å². The molecule has 0 saturated carbocycles. The van der Waals surface area contributed by atoms with E-state index in [4.69, 9.17) is 14.2 Å². The van der Waals surface area contributed by atoms with Crippen molar-refractivity contribution in [2.75, 3.05) is 0 Å². The molecular formula is C14H15F3O4. The summed E-state index contributed by atoms with van der Waals surface area (Å²) in [5.74, 6) is -1.99. The summed E-state index contributed by atoms with van der Waals surface area (Å²) in [6.07, 6.45) is -6.58. The molecule has 0 unspecified atom stereocenters. The van der Waals surface area contributed by atoms with Gasteiger partial charge in [-0.15, -0.1) is 0 Å². The molecule has 1 atom stereocenters. The summed E-state index contributed by atoms with van der Waals surface area (Å²) in [5, 5.41) is 0. The lowest BCUT2D eigenvalue weighted by Crippen LogP contribution is -2.39. The molecule has 0 aliphatic carbocycles. The van der Waals surface area contributed by atoms with Gasteiger partial charge in [-0.05, 0) is 31.5 Å². The largest absolute Gasteiger partial charge is 0.480 e. The molecule has 1 heterocycles. The predicted octanol–water partition coefficient (Wildman–Crippen LogP) is 3.61. The summed E-state index contributed by atoms with van der Waals surface area (Å²) in [5.41, 5.74) is 0.486. The van der Waals surface area contributed by atoms with Crippen LogP contribution in [0.1, 0.15) is 36.7 Å². The maximum absolute atomic E-state index is 12.6. The summed E-state index contributed by atoms with van der Waals surface area (Å²) in [4.78, 5) is 12.0. The summed E-state index contributed by atoms with van der Waals surface area (Å²) in [6, 6.07) is 2.91. The van der Waals surface area contributed by atoms with E-state index >= 15 is 0 Å². The Morgan fingerprint density at radius 3 is 2.43 bits per heavy atom. The lowest BCUT2D eigenvalue weighted by molar-refractivity contribution is -0.189. The zero-order valence-electron chi connectivity index (χ0n) is 12.0. The smallest absolute Gasteiger partial charge is 0.425 e. The fourth-order valence-corrected chi connectivity index (χ4v) is 1.91. The molecule has 7 heteroatoms. The Kier molecular flexibility index (Phi) is 3.55. The molecule has 0 amide bonds. The molecule has 1 aromatic carbocycles. The van der Waals surface area contributed by atoms with Gasteiger partial charge in [0.15, 0.2) is 6.10 Å². The quantitative estimate of drug-likeness (QED) is 0.783. The average Bonchev–Trinajstić information content (AvgIpc) is 2.23. The summed E-state index contributed by atoms with van der Waals surface area (Å²) >= 11 is 0. The highest BCUT2D eigenvalue weighted by Crippen LogP contribution is 2.39. The van der Waals surface area contributed by atoms with Crippen LogP contribution in [0, 0.1) is 6.92 Å². The minimum Gasteiger partial charge on any atom is -0.480 e. The fraction of sp³-hybridized carbons (Fsp3) is 0.500. The van der Waals surface area contributed by atoms with Crippen molar-refractivity contribution < 1.29 is 32.2 Å². The van der Waals surface area contributed by atoms with Gasteiger partial charge in [0, 0.05) is 13.8 Å². The third kappa shape index (κ3) is 3.22. The highest BCUT2D eigenvalue weighted by atomic mass is 19.4. The van der Waals surface area contributed by atoms with Crippen molar-refractivity contribution in [2.24, 2.45) is 0 Å². The van der Waals surface area contributed by atoms with Gasteiger partial charge in [0.05, 0.1) is 0 Å². The van der Waals surface area contributed by atoms with Gasteiger partial charge in [-0.1, -0.05) is 0 Å². The highest BCUT2D eigenvalue weighted by molar-refractivity contribution is 5.96. The number of fused-ring (bicyclic) bond motifs is 1. The van der Waals surface area contributed by atoms with E-state index in [0.717, 1.165) is 6.92 Å². The SMILES string of the molecule is Cc1cc(O[C@H](C)C(F)(F)F)c2c(c1)OC(C)(C)OC2=O. The number of rotatable bonds is 2. The van der Waals surface area contributed by atoms with E-state index in [2.05, 4.69) is 0 Å². The first-order chi connectivity index (χ1) is 9.49. The Morgan fingerprint density at radius 2 is 1.86 bits per heavy atom. The second-order valence-corrected chi connectivity index (χ2v) is 5.33. The number of carbonyl (C=O) groups is 1. The van der Waals surface area contributed by atoms with Crippen LogP contribution in [0.5, 0.6) is 11.5 Å². The number of hydrogen-bond donors (Lipinski definition) is 0. The number of cyclic esters (lactones) is 1. The molecule has 4 nitrogen and oxygen atoms in total. The predicted molar refractivity (Wildman–Crippen MR) is 67.4 cm³/mol. The van der Waals surface area contributed by atoms with Gasteiger partial charge in [-0.25, -0.2) is 4.79 Å². The van der Waals surface area contributed by atoms with Crippen molar-refractivity contribution in [3.8, 4) is 11.5 Å². The molecule has 2 rings (SSSR count). The normalized spacial score (nSPS) is 18.3. The van der Waals surface area contributed by atoms with E-state index in [-0.39, 0.29) is 17.1 Å². The summed E-state index contributed by atoms with van der Waals surface area (Å²) in [6.45, 7) is 5.61. The molecule has 0 radical (unpaired) electrons. The minimum absolute atomic E-state index is 0.129. The van der Waals surface area contributed by atoms with Crippen LogP contribution in [-0.2, 0) is 4.74 Å². The first-order valence-electron chi connectivity index (χ1n) is 6.30. The van der Waals surface area contributed by atoms with Crippen LogP contribution in [0.25, 0.3) is 0 Å². The van der Waals surface area contributed by atoms with Crippen molar-refractivity contribution in [1.82, 2.24) is 0 Å². The van der Waals surface area contributed by atoms with Crippen LogP contribution >= 0.6 is 0 Å². The van der Waals surface area contributed by atoms with E-state index in [1.165, 1.54) is 19.9 Å². The van der Waals surface area contributed by atoms with Gasteiger partial charge in [-0.2, -0.15) is 13.2 Å². The van der Waals surface area contributed by atoms with Gasteiger partial charge >= 0.3 is 12.1 Å².